The molecule has 0 saturated carbocycles. The molecule has 0 amide bonds. The second-order valence-electron chi connectivity index (χ2n) is 5.72. The van der Waals surface area contributed by atoms with Crippen molar-refractivity contribution in [3.8, 4) is 0 Å². The van der Waals surface area contributed by atoms with E-state index in [-0.39, 0.29) is 24.0 Å². The lowest BCUT2D eigenvalue weighted by Crippen LogP contribution is -2.44. The minimum absolute atomic E-state index is 0. The molecule has 0 aromatic carbocycles. The summed E-state index contributed by atoms with van der Waals surface area (Å²) >= 11 is 0. The van der Waals surface area contributed by atoms with E-state index in [1.54, 1.807) is 13.3 Å². The maximum Gasteiger partial charge on any atom is 0.401 e. The molecule has 0 unspecified atom stereocenters. The molecule has 0 bridgehead atoms. The molecule has 1 aliphatic rings. The van der Waals surface area contributed by atoms with Gasteiger partial charge in [-0.2, -0.15) is 13.2 Å². The smallest absolute Gasteiger partial charge is 0.401 e. The molecule has 138 valence electrons. The zero-order valence-corrected chi connectivity index (χ0v) is 15.9. The van der Waals surface area contributed by atoms with E-state index >= 15 is 0 Å². The van der Waals surface area contributed by atoms with Crippen LogP contribution in [0.2, 0.25) is 0 Å². The highest BCUT2D eigenvalue weighted by molar-refractivity contribution is 14.0. The Labute approximate surface area is 157 Å². The summed E-state index contributed by atoms with van der Waals surface area (Å²) in [6.45, 7) is 1.42. The molecule has 0 atom stereocenters. The number of hydrogen-bond acceptors (Lipinski definition) is 3. The lowest BCUT2D eigenvalue weighted by molar-refractivity contribution is -0.148. The molecular formula is C15H24F3IN4O. The molecule has 1 aromatic rings. The average Bonchev–Trinajstić information content (AvgIpc) is 3.01. The molecule has 0 aliphatic carbocycles. The average molecular weight is 460 g/mol. The van der Waals surface area contributed by atoms with E-state index in [1.165, 1.54) is 4.90 Å². The van der Waals surface area contributed by atoms with Crippen LogP contribution < -0.4 is 10.6 Å². The highest BCUT2D eigenvalue weighted by Crippen LogP contribution is 2.22. The minimum Gasteiger partial charge on any atom is -0.467 e. The van der Waals surface area contributed by atoms with Gasteiger partial charge < -0.3 is 15.1 Å². The number of aliphatic imine (C=N–C) groups is 1. The second-order valence-corrected chi connectivity index (χ2v) is 5.72. The third kappa shape index (κ3) is 7.73. The van der Waals surface area contributed by atoms with E-state index in [4.69, 9.17) is 4.42 Å². The number of halogens is 4. The van der Waals surface area contributed by atoms with Gasteiger partial charge in [-0.15, -0.1) is 24.0 Å². The summed E-state index contributed by atoms with van der Waals surface area (Å²) in [4.78, 5) is 5.60. The second kappa shape index (κ2) is 10.1. The lowest BCUT2D eigenvalue weighted by atomic mass is 9.97. The van der Waals surface area contributed by atoms with E-state index in [0.717, 1.165) is 18.6 Å². The fourth-order valence-electron chi connectivity index (χ4n) is 2.65. The third-order valence-electron chi connectivity index (χ3n) is 3.90. The van der Waals surface area contributed by atoms with Gasteiger partial charge in [-0.25, -0.2) is 0 Å². The minimum atomic E-state index is -4.11. The van der Waals surface area contributed by atoms with E-state index in [9.17, 15) is 13.2 Å². The number of hydrogen-bond donors (Lipinski definition) is 2. The zero-order chi connectivity index (χ0) is 16.7. The van der Waals surface area contributed by atoms with Crippen LogP contribution in [0, 0.1) is 5.92 Å². The number of nitrogens with one attached hydrogen (secondary N) is 2. The number of rotatable bonds is 5. The number of piperidine rings is 1. The van der Waals surface area contributed by atoms with Gasteiger partial charge in [0, 0.05) is 13.6 Å². The molecule has 9 heteroatoms. The first-order valence-corrected chi connectivity index (χ1v) is 7.72. The Morgan fingerprint density at radius 3 is 2.58 bits per heavy atom. The summed E-state index contributed by atoms with van der Waals surface area (Å²) in [7, 11) is 1.68. The summed E-state index contributed by atoms with van der Waals surface area (Å²) in [6, 6.07) is 3.69. The summed E-state index contributed by atoms with van der Waals surface area (Å²) in [5.41, 5.74) is 0. The van der Waals surface area contributed by atoms with Gasteiger partial charge in [0.25, 0.3) is 0 Å². The molecule has 2 N–H and O–H groups in total. The van der Waals surface area contributed by atoms with Crippen LogP contribution in [0.5, 0.6) is 0 Å². The Morgan fingerprint density at radius 1 is 1.33 bits per heavy atom. The van der Waals surface area contributed by atoms with Crippen LogP contribution in [0.25, 0.3) is 0 Å². The number of nitrogens with zero attached hydrogens (tertiary/aromatic N) is 2. The number of guanidine groups is 1. The van der Waals surface area contributed by atoms with Crippen LogP contribution in [0.3, 0.4) is 0 Å². The summed E-state index contributed by atoms with van der Waals surface area (Å²) in [6.07, 6.45) is -0.971. The molecule has 24 heavy (non-hydrogen) atoms. The van der Waals surface area contributed by atoms with Crippen LogP contribution >= 0.6 is 24.0 Å². The van der Waals surface area contributed by atoms with Crippen molar-refractivity contribution in [3.63, 3.8) is 0 Å². The molecule has 1 saturated heterocycles. The first kappa shape index (κ1) is 21.1. The molecule has 1 fully saturated rings. The van der Waals surface area contributed by atoms with Crippen molar-refractivity contribution in [2.45, 2.75) is 25.6 Å². The van der Waals surface area contributed by atoms with E-state index in [0.29, 0.717) is 38.1 Å². The Kier molecular flexibility index (Phi) is 8.88. The highest BCUT2D eigenvalue weighted by atomic mass is 127. The lowest BCUT2D eigenvalue weighted by Gasteiger charge is -2.32. The van der Waals surface area contributed by atoms with Crippen molar-refractivity contribution in [1.29, 1.82) is 0 Å². The fraction of sp³-hybridized carbons (Fsp3) is 0.667. The van der Waals surface area contributed by atoms with E-state index < -0.39 is 12.7 Å². The van der Waals surface area contributed by atoms with Crippen molar-refractivity contribution < 1.29 is 17.6 Å². The Morgan fingerprint density at radius 2 is 2.04 bits per heavy atom. The molecule has 0 spiro atoms. The van der Waals surface area contributed by atoms with Crippen molar-refractivity contribution in [3.05, 3.63) is 24.2 Å². The van der Waals surface area contributed by atoms with Gasteiger partial charge in [0.2, 0.25) is 0 Å². The normalized spacial score (nSPS) is 17.4. The maximum absolute atomic E-state index is 12.4. The molecule has 1 aliphatic heterocycles. The predicted molar refractivity (Wildman–Crippen MR) is 97.5 cm³/mol. The van der Waals surface area contributed by atoms with Crippen molar-refractivity contribution in [1.82, 2.24) is 15.5 Å². The Balaban J connectivity index is 0.00000288. The van der Waals surface area contributed by atoms with E-state index in [2.05, 4.69) is 15.6 Å². The topological polar surface area (TPSA) is 52.8 Å². The van der Waals surface area contributed by atoms with Crippen LogP contribution in [0.15, 0.2) is 27.8 Å². The predicted octanol–water partition coefficient (Wildman–Crippen LogP) is 2.84. The van der Waals surface area contributed by atoms with Gasteiger partial charge in [-0.3, -0.25) is 9.89 Å². The van der Waals surface area contributed by atoms with Crippen molar-refractivity contribution >= 4 is 29.9 Å². The Hall–Kier alpha value is -0.970. The standard InChI is InChI=1S/C15H23F3N4O.HI/c1-19-14(21-10-13-3-2-8-23-13)20-9-12-4-6-22(7-5-12)11-15(16,17)18;/h2-3,8,12H,4-7,9-11H2,1H3,(H2,19,20,21);1H. The van der Waals surface area contributed by atoms with Crippen LogP contribution in [-0.2, 0) is 6.54 Å². The highest BCUT2D eigenvalue weighted by Gasteiger charge is 2.32. The summed E-state index contributed by atoms with van der Waals surface area (Å²) in [5.74, 6) is 1.84. The summed E-state index contributed by atoms with van der Waals surface area (Å²) in [5, 5.41) is 6.36. The van der Waals surface area contributed by atoms with Gasteiger partial charge in [0.05, 0.1) is 19.4 Å². The van der Waals surface area contributed by atoms with Gasteiger partial charge in [-0.1, -0.05) is 0 Å². The first-order chi connectivity index (χ1) is 11.0. The number of furan rings is 1. The largest absolute Gasteiger partial charge is 0.467 e. The van der Waals surface area contributed by atoms with Crippen molar-refractivity contribution in [2.24, 2.45) is 10.9 Å². The van der Waals surface area contributed by atoms with Gasteiger partial charge in [0.1, 0.15) is 5.76 Å². The third-order valence-corrected chi connectivity index (χ3v) is 3.90. The van der Waals surface area contributed by atoms with Gasteiger partial charge >= 0.3 is 6.18 Å². The summed E-state index contributed by atoms with van der Waals surface area (Å²) < 4.78 is 42.3. The quantitative estimate of drug-likeness (QED) is 0.403. The SMILES string of the molecule is CN=C(NCc1ccco1)NCC1CCN(CC(F)(F)F)CC1.I. The fourth-order valence-corrected chi connectivity index (χ4v) is 2.65. The molecule has 5 nitrogen and oxygen atoms in total. The van der Waals surface area contributed by atoms with Crippen LogP contribution in [-0.4, -0.2) is 50.3 Å². The van der Waals surface area contributed by atoms with Gasteiger partial charge in [-0.05, 0) is 44.0 Å². The molecule has 2 heterocycles. The van der Waals surface area contributed by atoms with Gasteiger partial charge in [0.15, 0.2) is 5.96 Å². The van der Waals surface area contributed by atoms with Crippen LogP contribution in [0.1, 0.15) is 18.6 Å². The number of likely N-dealkylation sites (tertiary alicyclic amines) is 1. The Bertz CT molecular complexity index is 485. The molecule has 2 rings (SSSR count). The first-order valence-electron chi connectivity index (χ1n) is 7.72. The van der Waals surface area contributed by atoms with Crippen molar-refractivity contribution in [2.75, 3.05) is 33.2 Å². The molecule has 0 radical (unpaired) electrons. The maximum atomic E-state index is 12.4. The zero-order valence-electron chi connectivity index (χ0n) is 13.6. The van der Waals surface area contributed by atoms with Crippen LogP contribution in [0.4, 0.5) is 13.2 Å². The monoisotopic (exact) mass is 460 g/mol. The number of alkyl halides is 3. The molecular weight excluding hydrogens is 436 g/mol. The van der Waals surface area contributed by atoms with E-state index in [1.807, 2.05) is 12.1 Å². The molecule has 1 aromatic heterocycles.